The van der Waals surface area contributed by atoms with Crippen molar-refractivity contribution in [3.05, 3.63) is 30.0 Å². The molecule has 0 radical (unpaired) electrons. The molecule has 92 valence electrons. The van der Waals surface area contributed by atoms with E-state index in [0.717, 1.165) is 5.82 Å². The molecule has 2 heterocycles. The average Bonchev–Trinajstić information content (AvgIpc) is 2.84. The first kappa shape index (κ1) is 11.7. The molecule has 1 atom stereocenters. The van der Waals surface area contributed by atoms with Crippen molar-refractivity contribution in [1.82, 2.24) is 19.3 Å². The summed E-state index contributed by atoms with van der Waals surface area (Å²) in [5.41, 5.74) is 6.48. The van der Waals surface area contributed by atoms with Crippen LogP contribution in [0.3, 0.4) is 0 Å². The molecule has 0 saturated heterocycles. The van der Waals surface area contributed by atoms with Crippen molar-refractivity contribution in [2.45, 2.75) is 18.9 Å². The number of aliphatic hydroxyl groups excluding tert-OH is 1. The largest absolute Gasteiger partial charge is 0.388 e. The zero-order valence-corrected chi connectivity index (χ0v) is 10.0. The van der Waals surface area contributed by atoms with Gasteiger partial charge in [-0.05, 0) is 6.42 Å². The molecule has 0 aliphatic rings. The number of rotatable bonds is 4. The Labute approximate surface area is 99.7 Å². The van der Waals surface area contributed by atoms with Gasteiger partial charge >= 0.3 is 0 Å². The number of hydrogen-bond acceptors (Lipinski definition) is 4. The van der Waals surface area contributed by atoms with Gasteiger partial charge in [-0.1, -0.05) is 0 Å². The summed E-state index contributed by atoms with van der Waals surface area (Å²) in [7, 11) is 3.69. The Bertz CT molecular complexity index is 502. The Morgan fingerprint density at radius 3 is 2.76 bits per heavy atom. The van der Waals surface area contributed by atoms with Crippen LogP contribution in [0.4, 0.5) is 5.82 Å². The number of nitrogen functional groups attached to an aromatic ring is 1. The quantitative estimate of drug-likeness (QED) is 0.803. The predicted octanol–water partition coefficient (Wildman–Crippen LogP) is 0.402. The van der Waals surface area contributed by atoms with E-state index in [0.29, 0.717) is 24.2 Å². The minimum Gasteiger partial charge on any atom is -0.388 e. The predicted molar refractivity (Wildman–Crippen MR) is 64.1 cm³/mol. The van der Waals surface area contributed by atoms with Crippen LogP contribution in [0, 0.1) is 0 Å². The average molecular weight is 235 g/mol. The normalized spacial score (nSPS) is 12.9. The van der Waals surface area contributed by atoms with Gasteiger partial charge in [-0.3, -0.25) is 4.68 Å². The van der Waals surface area contributed by atoms with Crippen molar-refractivity contribution >= 4 is 5.82 Å². The molecule has 2 aromatic heterocycles. The topological polar surface area (TPSA) is 81.9 Å². The van der Waals surface area contributed by atoms with E-state index in [1.165, 1.54) is 0 Å². The maximum Gasteiger partial charge on any atom is 0.127 e. The van der Waals surface area contributed by atoms with Gasteiger partial charge < -0.3 is 15.4 Å². The van der Waals surface area contributed by atoms with Gasteiger partial charge in [-0.25, -0.2) is 4.98 Å². The molecule has 17 heavy (non-hydrogen) atoms. The highest BCUT2D eigenvalue weighted by molar-refractivity contribution is 5.39. The number of nitrogens with two attached hydrogens (primary N) is 1. The summed E-state index contributed by atoms with van der Waals surface area (Å²) < 4.78 is 3.50. The standard InChI is InChI=1S/C11H17N5O/c1-15-6-5-13-10(15)4-3-9(17)8-7-14-16(2)11(8)12/h5-7,9,17H,3-4,12H2,1-2H3. The van der Waals surface area contributed by atoms with Crippen LogP contribution in [0.1, 0.15) is 23.9 Å². The lowest BCUT2D eigenvalue weighted by molar-refractivity contribution is 0.167. The van der Waals surface area contributed by atoms with Crippen molar-refractivity contribution in [1.29, 1.82) is 0 Å². The molecule has 6 heteroatoms. The van der Waals surface area contributed by atoms with Crippen molar-refractivity contribution in [3.63, 3.8) is 0 Å². The smallest absolute Gasteiger partial charge is 0.127 e. The van der Waals surface area contributed by atoms with E-state index in [4.69, 9.17) is 5.73 Å². The fourth-order valence-corrected chi connectivity index (χ4v) is 1.78. The van der Waals surface area contributed by atoms with E-state index in [1.807, 2.05) is 17.8 Å². The molecule has 1 unspecified atom stereocenters. The van der Waals surface area contributed by atoms with Crippen LogP contribution in [0.15, 0.2) is 18.6 Å². The van der Waals surface area contributed by atoms with Gasteiger partial charge in [0.15, 0.2) is 0 Å². The van der Waals surface area contributed by atoms with Crippen LogP contribution in [-0.4, -0.2) is 24.4 Å². The molecule has 2 aromatic rings. The van der Waals surface area contributed by atoms with Crippen molar-refractivity contribution in [3.8, 4) is 0 Å². The molecule has 0 spiro atoms. The number of anilines is 1. The van der Waals surface area contributed by atoms with Gasteiger partial charge in [0.1, 0.15) is 11.6 Å². The lowest BCUT2D eigenvalue weighted by atomic mass is 10.1. The number of imidazole rings is 1. The molecule has 0 saturated carbocycles. The molecule has 0 aromatic carbocycles. The summed E-state index contributed by atoms with van der Waals surface area (Å²) in [6.45, 7) is 0. The second-order valence-electron chi connectivity index (χ2n) is 4.12. The molecule has 2 rings (SSSR count). The molecule has 0 amide bonds. The van der Waals surface area contributed by atoms with Crippen LogP contribution in [0.2, 0.25) is 0 Å². The molecular formula is C11H17N5O. The highest BCUT2D eigenvalue weighted by Gasteiger charge is 2.15. The lowest BCUT2D eigenvalue weighted by Crippen LogP contribution is -2.06. The van der Waals surface area contributed by atoms with Gasteiger partial charge in [0.2, 0.25) is 0 Å². The van der Waals surface area contributed by atoms with Crippen molar-refractivity contribution in [2.24, 2.45) is 14.1 Å². The maximum absolute atomic E-state index is 10.0. The Hall–Kier alpha value is -1.82. The van der Waals surface area contributed by atoms with Crippen LogP contribution >= 0.6 is 0 Å². The summed E-state index contributed by atoms with van der Waals surface area (Å²) in [4.78, 5) is 4.21. The fourth-order valence-electron chi connectivity index (χ4n) is 1.78. The van der Waals surface area contributed by atoms with E-state index in [2.05, 4.69) is 10.1 Å². The van der Waals surface area contributed by atoms with Gasteiger partial charge in [0.25, 0.3) is 0 Å². The summed E-state index contributed by atoms with van der Waals surface area (Å²) in [5.74, 6) is 1.46. The van der Waals surface area contributed by atoms with E-state index in [1.54, 1.807) is 24.1 Å². The molecule has 3 N–H and O–H groups in total. The minimum atomic E-state index is -0.597. The molecule has 0 bridgehead atoms. The third-order valence-corrected chi connectivity index (χ3v) is 2.94. The maximum atomic E-state index is 10.0. The Morgan fingerprint density at radius 2 is 2.24 bits per heavy atom. The molecule has 0 fully saturated rings. The van der Waals surface area contributed by atoms with E-state index >= 15 is 0 Å². The Balaban J connectivity index is 2.00. The zero-order chi connectivity index (χ0) is 12.4. The zero-order valence-electron chi connectivity index (χ0n) is 10.0. The van der Waals surface area contributed by atoms with E-state index in [9.17, 15) is 5.11 Å². The van der Waals surface area contributed by atoms with E-state index in [-0.39, 0.29) is 0 Å². The van der Waals surface area contributed by atoms with Gasteiger partial charge in [0, 0.05) is 38.5 Å². The number of hydrogen-bond donors (Lipinski definition) is 2. The van der Waals surface area contributed by atoms with E-state index < -0.39 is 6.10 Å². The van der Waals surface area contributed by atoms with Crippen LogP contribution < -0.4 is 5.73 Å². The first-order valence-electron chi connectivity index (χ1n) is 5.51. The monoisotopic (exact) mass is 235 g/mol. The highest BCUT2D eigenvalue weighted by atomic mass is 16.3. The number of aromatic nitrogens is 4. The fraction of sp³-hybridized carbons (Fsp3) is 0.455. The summed E-state index contributed by atoms with van der Waals surface area (Å²) in [5, 5.41) is 14.0. The number of aryl methyl sites for hydroxylation is 3. The van der Waals surface area contributed by atoms with Gasteiger partial charge in [-0.15, -0.1) is 0 Å². The molecular weight excluding hydrogens is 218 g/mol. The lowest BCUT2D eigenvalue weighted by Gasteiger charge is -2.09. The Morgan fingerprint density at radius 1 is 1.47 bits per heavy atom. The minimum absolute atomic E-state index is 0.511. The van der Waals surface area contributed by atoms with Gasteiger partial charge in [-0.2, -0.15) is 5.10 Å². The first-order valence-corrected chi connectivity index (χ1v) is 5.51. The van der Waals surface area contributed by atoms with Crippen molar-refractivity contribution in [2.75, 3.05) is 5.73 Å². The van der Waals surface area contributed by atoms with Gasteiger partial charge in [0.05, 0.1) is 12.3 Å². The van der Waals surface area contributed by atoms with Crippen molar-refractivity contribution < 1.29 is 5.11 Å². The third kappa shape index (κ3) is 2.31. The SMILES string of the molecule is Cn1ccnc1CCC(O)c1cnn(C)c1N. The van der Waals surface area contributed by atoms with Crippen LogP contribution in [0.5, 0.6) is 0 Å². The second-order valence-corrected chi connectivity index (χ2v) is 4.12. The second kappa shape index (κ2) is 4.58. The number of aliphatic hydroxyl groups is 1. The first-order chi connectivity index (χ1) is 8.09. The molecule has 0 aliphatic heterocycles. The Kier molecular flexibility index (Phi) is 3.14. The highest BCUT2D eigenvalue weighted by Crippen LogP contribution is 2.23. The van der Waals surface area contributed by atoms with Crippen LogP contribution in [-0.2, 0) is 20.5 Å². The summed E-state index contributed by atoms with van der Waals surface area (Å²) in [6.07, 6.45) is 5.94. The third-order valence-electron chi connectivity index (χ3n) is 2.94. The molecule has 6 nitrogen and oxygen atoms in total. The molecule has 0 aliphatic carbocycles. The summed E-state index contributed by atoms with van der Waals surface area (Å²) >= 11 is 0. The number of nitrogens with zero attached hydrogens (tertiary/aromatic N) is 4. The van der Waals surface area contributed by atoms with Crippen LogP contribution in [0.25, 0.3) is 0 Å². The summed E-state index contributed by atoms with van der Waals surface area (Å²) in [6, 6.07) is 0.